The Morgan fingerprint density at radius 1 is 0.441 bits per heavy atom. The minimum Gasteiger partial charge on any atom is -0.508 e. The van der Waals surface area contributed by atoms with Crippen molar-refractivity contribution in [2.75, 3.05) is 0 Å². The van der Waals surface area contributed by atoms with Crippen molar-refractivity contribution in [3.63, 3.8) is 0 Å². The smallest absolute Gasteiger partial charge is 0.115 e. The number of aromatic hydroxyl groups is 1. The third-order valence-corrected chi connectivity index (χ3v) is 7.48. The van der Waals surface area contributed by atoms with Crippen LogP contribution in [0, 0.1) is 0 Å². The van der Waals surface area contributed by atoms with Crippen molar-refractivity contribution in [1.29, 1.82) is 0 Å². The predicted octanol–water partition coefficient (Wildman–Crippen LogP) is 11.7. The highest BCUT2D eigenvalue weighted by molar-refractivity contribution is 5.27. The van der Waals surface area contributed by atoms with E-state index in [0.717, 1.165) is 6.42 Å². The molecular formula is C33H60O. The first-order chi connectivity index (χ1) is 16.8. The molecule has 0 atom stereocenters. The van der Waals surface area contributed by atoms with Crippen LogP contribution in [0.4, 0.5) is 0 Å². The first-order valence-electron chi connectivity index (χ1n) is 15.6. The second kappa shape index (κ2) is 25.1. The van der Waals surface area contributed by atoms with Gasteiger partial charge in [0.2, 0.25) is 0 Å². The van der Waals surface area contributed by atoms with Crippen LogP contribution in [0.3, 0.4) is 0 Å². The highest BCUT2D eigenvalue weighted by atomic mass is 16.3. The molecule has 0 bridgehead atoms. The van der Waals surface area contributed by atoms with Crippen molar-refractivity contribution in [3.05, 3.63) is 29.8 Å². The minimum absolute atomic E-state index is 0.400. The molecular weight excluding hydrogens is 412 g/mol. The zero-order valence-electron chi connectivity index (χ0n) is 23.1. The Morgan fingerprint density at radius 2 is 0.765 bits per heavy atom. The summed E-state index contributed by atoms with van der Waals surface area (Å²) >= 11 is 0. The van der Waals surface area contributed by atoms with Gasteiger partial charge in [0.15, 0.2) is 0 Å². The largest absolute Gasteiger partial charge is 0.508 e. The molecule has 1 N–H and O–H groups in total. The van der Waals surface area contributed by atoms with Crippen LogP contribution in [-0.4, -0.2) is 5.11 Å². The van der Waals surface area contributed by atoms with E-state index in [1.54, 1.807) is 6.07 Å². The SMILES string of the molecule is CCCCCCCCCCCCCCCCCCCCCCCCCCCc1cccc(O)c1. The summed E-state index contributed by atoms with van der Waals surface area (Å²) in [5.74, 6) is 0.400. The van der Waals surface area contributed by atoms with Gasteiger partial charge in [-0.2, -0.15) is 0 Å². The third-order valence-electron chi connectivity index (χ3n) is 7.48. The number of phenolic OH excluding ortho intramolecular Hbond substituents is 1. The highest BCUT2D eigenvalue weighted by Crippen LogP contribution is 2.17. The summed E-state index contributed by atoms with van der Waals surface area (Å²) in [6.45, 7) is 2.30. The molecule has 198 valence electrons. The van der Waals surface area contributed by atoms with Crippen LogP contribution in [0.1, 0.15) is 173 Å². The second-order valence-electron chi connectivity index (χ2n) is 10.9. The van der Waals surface area contributed by atoms with Crippen molar-refractivity contribution >= 4 is 0 Å². The Morgan fingerprint density at radius 3 is 1.09 bits per heavy atom. The lowest BCUT2D eigenvalue weighted by Gasteiger charge is -2.05. The van der Waals surface area contributed by atoms with Crippen molar-refractivity contribution in [2.45, 2.75) is 174 Å². The summed E-state index contributed by atoms with van der Waals surface area (Å²) in [5.41, 5.74) is 1.27. The third kappa shape index (κ3) is 21.5. The van der Waals surface area contributed by atoms with Crippen molar-refractivity contribution in [2.24, 2.45) is 0 Å². The van der Waals surface area contributed by atoms with Crippen LogP contribution < -0.4 is 0 Å². The Labute approximate surface area is 214 Å². The van der Waals surface area contributed by atoms with E-state index in [1.807, 2.05) is 12.1 Å². The summed E-state index contributed by atoms with van der Waals surface area (Å²) in [6, 6.07) is 7.73. The number of rotatable bonds is 26. The molecule has 0 aliphatic heterocycles. The van der Waals surface area contributed by atoms with E-state index in [0.29, 0.717) is 5.75 Å². The van der Waals surface area contributed by atoms with Gasteiger partial charge >= 0.3 is 0 Å². The Hall–Kier alpha value is -0.980. The number of benzene rings is 1. The number of aryl methyl sites for hydroxylation is 1. The Kier molecular flexibility index (Phi) is 22.9. The first kappa shape index (κ1) is 31.1. The quantitative estimate of drug-likeness (QED) is 0.133. The fraction of sp³-hybridized carbons (Fsp3) is 0.818. The summed E-state index contributed by atoms with van der Waals surface area (Å²) in [5, 5.41) is 9.51. The van der Waals surface area contributed by atoms with E-state index in [9.17, 15) is 5.11 Å². The van der Waals surface area contributed by atoms with Gasteiger partial charge in [-0.1, -0.05) is 173 Å². The van der Waals surface area contributed by atoms with Gasteiger partial charge in [0, 0.05) is 0 Å². The minimum atomic E-state index is 0.400. The lowest BCUT2D eigenvalue weighted by Crippen LogP contribution is -1.86. The molecule has 0 unspecified atom stereocenters. The lowest BCUT2D eigenvalue weighted by molar-refractivity contribution is 0.474. The maximum Gasteiger partial charge on any atom is 0.115 e. The van der Waals surface area contributed by atoms with Gasteiger partial charge in [-0.3, -0.25) is 0 Å². The van der Waals surface area contributed by atoms with Gasteiger partial charge in [-0.05, 0) is 30.5 Å². The normalized spacial score (nSPS) is 11.3. The van der Waals surface area contributed by atoms with Gasteiger partial charge in [0.05, 0.1) is 0 Å². The average Bonchev–Trinajstić information content (AvgIpc) is 2.84. The maximum absolute atomic E-state index is 9.51. The molecule has 0 saturated carbocycles. The molecule has 1 aromatic carbocycles. The van der Waals surface area contributed by atoms with E-state index in [1.165, 1.54) is 166 Å². The topological polar surface area (TPSA) is 20.2 Å². The Balaban J connectivity index is 1.66. The monoisotopic (exact) mass is 472 g/mol. The number of unbranched alkanes of at least 4 members (excludes halogenated alkanes) is 24. The van der Waals surface area contributed by atoms with Gasteiger partial charge < -0.3 is 5.11 Å². The van der Waals surface area contributed by atoms with Crippen LogP contribution in [0.25, 0.3) is 0 Å². The van der Waals surface area contributed by atoms with Crippen LogP contribution in [0.5, 0.6) is 5.75 Å². The van der Waals surface area contributed by atoms with E-state index in [-0.39, 0.29) is 0 Å². The molecule has 0 heterocycles. The second-order valence-corrected chi connectivity index (χ2v) is 10.9. The zero-order chi connectivity index (χ0) is 24.4. The number of hydrogen-bond acceptors (Lipinski definition) is 1. The average molecular weight is 473 g/mol. The zero-order valence-corrected chi connectivity index (χ0v) is 23.1. The number of hydrogen-bond donors (Lipinski definition) is 1. The molecule has 34 heavy (non-hydrogen) atoms. The molecule has 1 rings (SSSR count). The fourth-order valence-electron chi connectivity index (χ4n) is 5.18. The van der Waals surface area contributed by atoms with E-state index >= 15 is 0 Å². The molecule has 1 nitrogen and oxygen atoms in total. The van der Waals surface area contributed by atoms with Gasteiger partial charge in [-0.25, -0.2) is 0 Å². The lowest BCUT2D eigenvalue weighted by atomic mass is 10.0. The summed E-state index contributed by atoms with van der Waals surface area (Å²) < 4.78 is 0. The van der Waals surface area contributed by atoms with Crippen LogP contribution >= 0.6 is 0 Å². The van der Waals surface area contributed by atoms with Crippen LogP contribution in [0.15, 0.2) is 24.3 Å². The molecule has 0 spiro atoms. The molecule has 0 aliphatic carbocycles. The predicted molar refractivity (Wildman–Crippen MR) is 153 cm³/mol. The van der Waals surface area contributed by atoms with Gasteiger partial charge in [0.1, 0.15) is 5.75 Å². The highest BCUT2D eigenvalue weighted by Gasteiger charge is 1.97. The molecule has 1 aromatic rings. The molecule has 0 amide bonds. The van der Waals surface area contributed by atoms with E-state index in [4.69, 9.17) is 0 Å². The van der Waals surface area contributed by atoms with Crippen molar-refractivity contribution < 1.29 is 5.11 Å². The molecule has 0 radical (unpaired) electrons. The molecule has 0 fully saturated rings. The molecule has 0 saturated heterocycles. The van der Waals surface area contributed by atoms with E-state index in [2.05, 4.69) is 13.0 Å². The van der Waals surface area contributed by atoms with Crippen molar-refractivity contribution in [3.8, 4) is 5.75 Å². The summed E-state index contributed by atoms with van der Waals surface area (Å²) in [6.07, 6.45) is 37.1. The molecule has 0 aromatic heterocycles. The molecule has 1 heteroatoms. The van der Waals surface area contributed by atoms with Gasteiger partial charge in [0.25, 0.3) is 0 Å². The van der Waals surface area contributed by atoms with Crippen molar-refractivity contribution in [1.82, 2.24) is 0 Å². The summed E-state index contributed by atoms with van der Waals surface area (Å²) in [7, 11) is 0. The molecule has 0 aliphatic rings. The summed E-state index contributed by atoms with van der Waals surface area (Å²) in [4.78, 5) is 0. The number of phenols is 1. The van der Waals surface area contributed by atoms with Crippen LogP contribution in [0.2, 0.25) is 0 Å². The first-order valence-corrected chi connectivity index (χ1v) is 15.6. The fourth-order valence-corrected chi connectivity index (χ4v) is 5.18. The van der Waals surface area contributed by atoms with E-state index < -0.39 is 0 Å². The standard InChI is InChI=1S/C33H60O/c1-2-3-4-5-6-7-8-9-10-11-12-13-14-15-16-17-18-19-20-21-22-23-24-25-26-28-32-29-27-30-33(34)31-32/h27,29-31,34H,2-26,28H2,1H3. The van der Waals surface area contributed by atoms with Gasteiger partial charge in [-0.15, -0.1) is 0 Å². The Bertz CT molecular complexity index is 523. The van der Waals surface area contributed by atoms with Crippen LogP contribution in [-0.2, 0) is 6.42 Å². The maximum atomic E-state index is 9.51.